The van der Waals surface area contributed by atoms with Gasteiger partial charge in [0.15, 0.2) is 0 Å². The average molecular weight is 553 g/mol. The lowest BCUT2D eigenvalue weighted by molar-refractivity contribution is 0.362. The first kappa shape index (κ1) is 24.7. The van der Waals surface area contributed by atoms with Crippen LogP contribution < -0.4 is 0 Å². The van der Waals surface area contributed by atoms with Crippen LogP contribution in [0, 0.1) is 27.7 Å². The third-order valence-corrected chi connectivity index (χ3v) is 10.4. The van der Waals surface area contributed by atoms with E-state index in [2.05, 4.69) is 137 Å². The summed E-state index contributed by atoms with van der Waals surface area (Å²) >= 11 is 0. The lowest BCUT2D eigenvalue weighted by Gasteiger charge is -2.57. The summed E-state index contributed by atoms with van der Waals surface area (Å²) in [7, 11) is 0. The number of rotatable bonds is 2. The van der Waals surface area contributed by atoms with Gasteiger partial charge in [0.2, 0.25) is 0 Å². The minimum atomic E-state index is -0.149. The molecule has 3 aliphatic rings. The van der Waals surface area contributed by atoms with Crippen LogP contribution in [0.3, 0.4) is 0 Å². The number of para-hydroxylation sites is 2. The molecular weight excluding hydrogens is 520 g/mol. The molecule has 43 heavy (non-hydrogen) atoms. The normalized spacial score (nSPS) is 23.1. The molecule has 3 aliphatic carbocycles. The highest BCUT2D eigenvalue weighted by Gasteiger charge is 2.72. The van der Waals surface area contributed by atoms with Crippen molar-refractivity contribution in [3.8, 4) is 0 Å². The predicted octanol–water partition coefficient (Wildman–Crippen LogP) is 10.3. The zero-order valence-electron chi connectivity index (χ0n) is 24.9. The summed E-state index contributed by atoms with van der Waals surface area (Å²) in [5, 5.41) is 5.18. The number of nitrogens with zero attached hydrogens (tertiary/aromatic N) is 2. The SMILES string of the molecule is Cc1cccc(C)c1N=C1C(=Nc2c(C)cccc2C)C2c3cc4ccccc4cc3C23c2cc4ccccc4cc2C13. The molecule has 2 unspecified atom stereocenters. The topological polar surface area (TPSA) is 24.7 Å². The fourth-order valence-corrected chi connectivity index (χ4v) is 8.45. The summed E-state index contributed by atoms with van der Waals surface area (Å²) in [6.45, 7) is 8.71. The number of aryl methyl sites for hydroxylation is 4. The Morgan fingerprint density at radius 1 is 0.442 bits per heavy atom. The van der Waals surface area contributed by atoms with Crippen LogP contribution >= 0.6 is 0 Å². The Labute approximate surface area is 252 Å². The molecule has 0 amide bonds. The van der Waals surface area contributed by atoms with Crippen molar-refractivity contribution in [2.45, 2.75) is 44.9 Å². The smallest absolute Gasteiger partial charge is 0.0720 e. The van der Waals surface area contributed by atoms with Crippen molar-refractivity contribution < 1.29 is 0 Å². The molecule has 0 radical (unpaired) electrons. The molecule has 2 nitrogen and oxygen atoms in total. The van der Waals surface area contributed by atoms with Crippen LogP contribution in [0.1, 0.15) is 56.3 Å². The van der Waals surface area contributed by atoms with E-state index in [0.29, 0.717) is 0 Å². The van der Waals surface area contributed by atoms with E-state index in [1.165, 1.54) is 66.1 Å². The van der Waals surface area contributed by atoms with Gasteiger partial charge in [-0.25, -0.2) is 0 Å². The van der Waals surface area contributed by atoms with Crippen LogP contribution in [0.15, 0.2) is 119 Å². The molecule has 0 N–H and O–H groups in total. The summed E-state index contributed by atoms with van der Waals surface area (Å²) < 4.78 is 0. The van der Waals surface area contributed by atoms with Gasteiger partial charge in [0.1, 0.15) is 0 Å². The lowest BCUT2D eigenvalue weighted by Crippen LogP contribution is -2.53. The Balaban J connectivity index is 1.41. The molecule has 1 fully saturated rings. The van der Waals surface area contributed by atoms with Crippen LogP contribution in [-0.4, -0.2) is 11.4 Å². The van der Waals surface area contributed by atoms with Crippen molar-refractivity contribution in [1.82, 2.24) is 0 Å². The van der Waals surface area contributed by atoms with E-state index in [1.807, 2.05) is 0 Å². The Bertz CT molecular complexity index is 2050. The number of hydrogen-bond donors (Lipinski definition) is 0. The quantitative estimate of drug-likeness (QED) is 0.204. The van der Waals surface area contributed by atoms with Gasteiger partial charge in [-0.05, 0) is 106 Å². The van der Waals surface area contributed by atoms with Crippen molar-refractivity contribution >= 4 is 44.3 Å². The summed E-state index contributed by atoms with van der Waals surface area (Å²) in [5.41, 5.74) is 14.8. The van der Waals surface area contributed by atoms with Crippen molar-refractivity contribution in [3.63, 3.8) is 0 Å². The second kappa shape index (κ2) is 8.61. The fourth-order valence-electron chi connectivity index (χ4n) is 8.45. The Morgan fingerprint density at radius 3 is 1.16 bits per heavy atom. The van der Waals surface area contributed by atoms with E-state index < -0.39 is 0 Å². The van der Waals surface area contributed by atoms with Gasteiger partial charge in [-0.2, -0.15) is 0 Å². The van der Waals surface area contributed by atoms with Gasteiger partial charge in [-0.3, -0.25) is 9.98 Å². The summed E-state index contributed by atoms with van der Waals surface area (Å²) in [6, 6.07) is 40.3. The van der Waals surface area contributed by atoms with Gasteiger partial charge in [0.25, 0.3) is 0 Å². The third-order valence-electron chi connectivity index (χ3n) is 10.4. The van der Waals surface area contributed by atoms with E-state index >= 15 is 0 Å². The maximum Gasteiger partial charge on any atom is 0.0720 e. The Kier molecular flexibility index (Phi) is 4.96. The molecule has 0 saturated heterocycles. The van der Waals surface area contributed by atoms with Crippen molar-refractivity contribution in [3.05, 3.63) is 154 Å². The molecule has 2 heteroatoms. The Hall–Kier alpha value is -4.82. The molecule has 0 aliphatic heterocycles. The minimum Gasteiger partial charge on any atom is -0.250 e. The standard InChI is InChI=1S/C41H32N2/c1-23-11-9-12-24(2)37(23)42-39-35-31-19-27-15-5-7-17-29(27)21-33(31)41(35)34-22-30-18-8-6-16-28(30)20-32(34)36(41)40(39)43-38-25(3)13-10-14-26(38)4/h5-22,35-36H,1-4H3. The monoisotopic (exact) mass is 552 g/mol. The van der Waals surface area contributed by atoms with Gasteiger partial charge < -0.3 is 0 Å². The van der Waals surface area contributed by atoms with Crippen molar-refractivity contribution in [1.29, 1.82) is 0 Å². The molecule has 6 aromatic rings. The summed E-state index contributed by atoms with van der Waals surface area (Å²) in [6.07, 6.45) is 0. The zero-order chi connectivity index (χ0) is 29.0. The molecule has 1 saturated carbocycles. The van der Waals surface area contributed by atoms with E-state index in [4.69, 9.17) is 9.98 Å². The zero-order valence-corrected chi connectivity index (χ0v) is 24.9. The molecule has 9 rings (SSSR count). The van der Waals surface area contributed by atoms with Crippen LogP contribution in [0.2, 0.25) is 0 Å². The van der Waals surface area contributed by atoms with Crippen molar-refractivity contribution in [2.24, 2.45) is 9.98 Å². The van der Waals surface area contributed by atoms with Crippen LogP contribution in [0.25, 0.3) is 21.5 Å². The number of aliphatic imine (C=N–C) groups is 2. The first-order chi connectivity index (χ1) is 21.0. The highest BCUT2D eigenvalue weighted by molar-refractivity contribution is 6.52. The third kappa shape index (κ3) is 3.13. The molecule has 1 spiro atoms. The second-order valence-electron chi connectivity index (χ2n) is 12.8. The molecule has 0 bridgehead atoms. The van der Waals surface area contributed by atoms with Gasteiger partial charge in [0.05, 0.1) is 22.8 Å². The maximum atomic E-state index is 5.63. The molecule has 6 aromatic carbocycles. The van der Waals surface area contributed by atoms with Gasteiger partial charge in [-0.15, -0.1) is 0 Å². The summed E-state index contributed by atoms with van der Waals surface area (Å²) in [4.78, 5) is 11.3. The second-order valence-corrected chi connectivity index (χ2v) is 12.8. The molecule has 2 atom stereocenters. The predicted molar refractivity (Wildman–Crippen MR) is 180 cm³/mol. The Morgan fingerprint density at radius 2 is 0.791 bits per heavy atom. The average Bonchev–Trinajstić information content (AvgIpc) is 3.20. The molecular formula is C41H32N2. The number of hydrogen-bond acceptors (Lipinski definition) is 2. The van der Waals surface area contributed by atoms with Crippen LogP contribution in [0.4, 0.5) is 11.4 Å². The number of fused-ring (bicyclic) bond motifs is 6. The van der Waals surface area contributed by atoms with Crippen molar-refractivity contribution in [2.75, 3.05) is 0 Å². The largest absolute Gasteiger partial charge is 0.250 e. The molecule has 206 valence electrons. The van der Waals surface area contributed by atoms with Crippen LogP contribution in [-0.2, 0) is 5.41 Å². The first-order valence-electron chi connectivity index (χ1n) is 15.3. The van der Waals surface area contributed by atoms with E-state index in [-0.39, 0.29) is 17.3 Å². The highest BCUT2D eigenvalue weighted by Crippen LogP contribution is 2.75. The van der Waals surface area contributed by atoms with Gasteiger partial charge >= 0.3 is 0 Å². The van der Waals surface area contributed by atoms with E-state index in [9.17, 15) is 0 Å². The summed E-state index contributed by atoms with van der Waals surface area (Å²) in [5.74, 6) is 0.320. The molecule has 0 aromatic heterocycles. The minimum absolute atomic E-state index is 0.149. The fraction of sp³-hybridized carbons (Fsp3) is 0.171. The molecule has 0 heterocycles. The maximum absolute atomic E-state index is 5.63. The van der Waals surface area contributed by atoms with Crippen LogP contribution in [0.5, 0.6) is 0 Å². The first-order valence-corrected chi connectivity index (χ1v) is 15.3. The highest BCUT2D eigenvalue weighted by atomic mass is 14.9. The lowest BCUT2D eigenvalue weighted by atomic mass is 9.43. The van der Waals surface area contributed by atoms with E-state index in [1.54, 1.807) is 0 Å². The number of benzene rings is 6. The van der Waals surface area contributed by atoms with Gasteiger partial charge in [-0.1, -0.05) is 97.1 Å². The van der Waals surface area contributed by atoms with E-state index in [0.717, 1.165) is 22.8 Å². The van der Waals surface area contributed by atoms with Gasteiger partial charge in [0, 0.05) is 17.3 Å².